The maximum atomic E-state index is 12.7. The van der Waals surface area contributed by atoms with Gasteiger partial charge in [-0.25, -0.2) is 0 Å². The van der Waals surface area contributed by atoms with Crippen LogP contribution in [0.4, 0.5) is 13.2 Å². The summed E-state index contributed by atoms with van der Waals surface area (Å²) in [5.74, 6) is -0.821. The number of nitrogens with zero attached hydrogens (tertiary/aromatic N) is 2. The van der Waals surface area contributed by atoms with Crippen LogP contribution >= 0.6 is 15.9 Å². The Morgan fingerprint density at radius 3 is 2.58 bits per heavy atom. The predicted octanol–water partition coefficient (Wildman–Crippen LogP) is 2.68. The molecule has 5 nitrogen and oxygen atoms in total. The van der Waals surface area contributed by atoms with Gasteiger partial charge in [-0.3, -0.25) is 0 Å². The Hall–Kier alpha value is -1.61. The summed E-state index contributed by atoms with van der Waals surface area (Å²) in [7, 11) is 0. The van der Waals surface area contributed by atoms with E-state index in [1.165, 1.54) is 6.07 Å². The number of aromatic hydroxyl groups is 1. The van der Waals surface area contributed by atoms with Crippen LogP contribution in [-0.2, 0) is 12.7 Å². The van der Waals surface area contributed by atoms with Crippen LogP contribution in [0, 0.1) is 0 Å². The summed E-state index contributed by atoms with van der Waals surface area (Å²) >= 11 is 2.85. The molecular weight excluding hydrogens is 331 g/mol. The van der Waals surface area contributed by atoms with Gasteiger partial charge in [-0.15, -0.1) is 0 Å². The van der Waals surface area contributed by atoms with E-state index >= 15 is 0 Å². The Labute approximate surface area is 113 Å². The van der Waals surface area contributed by atoms with Gasteiger partial charge in [0.05, 0.1) is 16.6 Å². The number of halogens is 4. The van der Waals surface area contributed by atoms with Gasteiger partial charge in [-0.05, 0) is 28.1 Å². The van der Waals surface area contributed by atoms with Gasteiger partial charge in [0, 0.05) is 5.56 Å². The molecule has 1 aromatic carbocycles. The number of nitrogens with two attached hydrogens (primary N) is 1. The third-order valence-electron chi connectivity index (χ3n) is 2.27. The molecule has 0 spiro atoms. The molecule has 0 aliphatic rings. The molecule has 0 saturated heterocycles. The van der Waals surface area contributed by atoms with Gasteiger partial charge in [0.25, 0.3) is 0 Å². The fourth-order valence-electron chi connectivity index (χ4n) is 1.40. The molecule has 0 bridgehead atoms. The minimum Gasteiger partial charge on any atom is -0.506 e. The molecule has 19 heavy (non-hydrogen) atoms. The summed E-state index contributed by atoms with van der Waals surface area (Å²) < 4.78 is 42.8. The molecule has 0 radical (unpaired) electrons. The van der Waals surface area contributed by atoms with Gasteiger partial charge in [-0.2, -0.15) is 18.2 Å². The summed E-state index contributed by atoms with van der Waals surface area (Å²) in [4.78, 5) is 3.82. The minimum atomic E-state index is -4.69. The van der Waals surface area contributed by atoms with E-state index in [-0.39, 0.29) is 28.3 Å². The fraction of sp³-hybridized carbons (Fsp3) is 0.200. The monoisotopic (exact) mass is 337 g/mol. The second kappa shape index (κ2) is 4.82. The van der Waals surface area contributed by atoms with Crippen LogP contribution in [0.15, 0.2) is 21.1 Å². The molecule has 0 saturated carbocycles. The zero-order valence-electron chi connectivity index (χ0n) is 9.20. The number of rotatable bonds is 2. The lowest BCUT2D eigenvalue weighted by Crippen LogP contribution is -2.06. The molecule has 9 heteroatoms. The number of benzene rings is 1. The normalized spacial score (nSPS) is 11.8. The first-order valence-corrected chi connectivity index (χ1v) is 5.75. The highest BCUT2D eigenvalue weighted by molar-refractivity contribution is 9.10. The molecule has 0 atom stereocenters. The van der Waals surface area contributed by atoms with Gasteiger partial charge in [0.2, 0.25) is 11.7 Å². The second-order valence-electron chi connectivity index (χ2n) is 3.57. The molecule has 1 aromatic heterocycles. The third kappa shape index (κ3) is 2.71. The highest BCUT2D eigenvalue weighted by atomic mass is 79.9. The standard InChI is InChI=1S/C10H7BrF3N3O2/c11-6-2-4(9-16-7(3-15)19-17-9)1-5(8(6)18)10(12,13)14/h1-2,18H,3,15H2. The molecular formula is C10H7BrF3N3O2. The van der Waals surface area contributed by atoms with Crippen molar-refractivity contribution in [3.63, 3.8) is 0 Å². The average Bonchev–Trinajstić information content (AvgIpc) is 2.79. The van der Waals surface area contributed by atoms with E-state index < -0.39 is 17.5 Å². The van der Waals surface area contributed by atoms with Crippen LogP contribution in [0.25, 0.3) is 11.4 Å². The van der Waals surface area contributed by atoms with Crippen LogP contribution in [0.2, 0.25) is 0 Å². The molecule has 102 valence electrons. The van der Waals surface area contributed by atoms with Crippen molar-refractivity contribution < 1.29 is 22.8 Å². The number of hydrogen-bond donors (Lipinski definition) is 2. The molecule has 0 aliphatic carbocycles. The van der Waals surface area contributed by atoms with E-state index in [1.807, 2.05) is 0 Å². The highest BCUT2D eigenvalue weighted by Crippen LogP contribution is 2.41. The average molecular weight is 338 g/mol. The summed E-state index contributed by atoms with van der Waals surface area (Å²) in [5, 5.41) is 12.9. The van der Waals surface area contributed by atoms with Crippen LogP contribution in [0.3, 0.4) is 0 Å². The Balaban J connectivity index is 2.56. The van der Waals surface area contributed by atoms with E-state index in [2.05, 4.69) is 26.1 Å². The highest BCUT2D eigenvalue weighted by Gasteiger charge is 2.35. The van der Waals surface area contributed by atoms with Gasteiger partial charge in [0.1, 0.15) is 5.75 Å². The molecule has 0 aliphatic heterocycles. The summed E-state index contributed by atoms with van der Waals surface area (Å²) in [6.07, 6.45) is -4.69. The number of aromatic nitrogens is 2. The molecule has 1 heterocycles. The van der Waals surface area contributed by atoms with Crippen molar-refractivity contribution in [1.82, 2.24) is 10.1 Å². The van der Waals surface area contributed by atoms with Crippen molar-refractivity contribution in [3.05, 3.63) is 28.1 Å². The number of alkyl halides is 3. The van der Waals surface area contributed by atoms with Crippen molar-refractivity contribution in [2.75, 3.05) is 0 Å². The summed E-state index contributed by atoms with van der Waals surface area (Å²) in [6, 6.07) is 2.00. The first kappa shape index (κ1) is 13.8. The number of phenolic OH excluding ortho intramolecular Hbond substituents is 1. The maximum absolute atomic E-state index is 12.7. The Morgan fingerprint density at radius 1 is 1.37 bits per heavy atom. The van der Waals surface area contributed by atoms with E-state index in [1.54, 1.807) is 0 Å². The summed E-state index contributed by atoms with van der Waals surface area (Å²) in [6.45, 7) is -0.0155. The van der Waals surface area contributed by atoms with Crippen molar-refractivity contribution in [2.24, 2.45) is 5.73 Å². The lowest BCUT2D eigenvalue weighted by atomic mass is 10.1. The van der Waals surface area contributed by atoms with E-state index in [0.29, 0.717) is 0 Å². The Bertz CT molecular complexity index is 613. The smallest absolute Gasteiger partial charge is 0.420 e. The van der Waals surface area contributed by atoms with E-state index in [0.717, 1.165) is 6.07 Å². The topological polar surface area (TPSA) is 85.2 Å². The van der Waals surface area contributed by atoms with Gasteiger partial charge in [-0.1, -0.05) is 5.16 Å². The lowest BCUT2D eigenvalue weighted by molar-refractivity contribution is -0.138. The predicted molar refractivity (Wildman–Crippen MR) is 62.0 cm³/mol. The summed E-state index contributed by atoms with van der Waals surface area (Å²) in [5.41, 5.74) is 4.14. The number of hydrogen-bond acceptors (Lipinski definition) is 5. The zero-order valence-corrected chi connectivity index (χ0v) is 10.8. The number of phenols is 1. The SMILES string of the molecule is NCc1nc(-c2cc(Br)c(O)c(C(F)(F)F)c2)no1. The molecule has 3 N–H and O–H groups in total. The Morgan fingerprint density at radius 2 is 2.05 bits per heavy atom. The van der Waals surface area contributed by atoms with Crippen LogP contribution in [-0.4, -0.2) is 15.2 Å². The van der Waals surface area contributed by atoms with Crippen molar-refractivity contribution in [1.29, 1.82) is 0 Å². The van der Waals surface area contributed by atoms with Crippen molar-refractivity contribution >= 4 is 15.9 Å². The van der Waals surface area contributed by atoms with Crippen LogP contribution in [0.5, 0.6) is 5.75 Å². The lowest BCUT2D eigenvalue weighted by Gasteiger charge is -2.11. The quantitative estimate of drug-likeness (QED) is 0.879. The fourth-order valence-corrected chi connectivity index (χ4v) is 1.86. The van der Waals surface area contributed by atoms with Gasteiger partial charge < -0.3 is 15.4 Å². The van der Waals surface area contributed by atoms with Gasteiger partial charge >= 0.3 is 6.18 Å². The molecule has 0 unspecified atom stereocenters. The molecule has 0 amide bonds. The molecule has 2 aromatic rings. The minimum absolute atomic E-state index is 0.0155. The molecule has 2 rings (SSSR count). The van der Waals surface area contributed by atoms with Crippen molar-refractivity contribution in [2.45, 2.75) is 12.7 Å². The molecule has 0 fully saturated rings. The van der Waals surface area contributed by atoms with Crippen LogP contribution < -0.4 is 5.73 Å². The Kier molecular flexibility index (Phi) is 3.50. The first-order chi connectivity index (χ1) is 8.82. The van der Waals surface area contributed by atoms with E-state index in [4.69, 9.17) is 10.3 Å². The first-order valence-electron chi connectivity index (χ1n) is 4.95. The second-order valence-corrected chi connectivity index (χ2v) is 4.42. The van der Waals surface area contributed by atoms with Crippen LogP contribution in [0.1, 0.15) is 11.5 Å². The largest absolute Gasteiger partial charge is 0.506 e. The third-order valence-corrected chi connectivity index (χ3v) is 2.87. The van der Waals surface area contributed by atoms with Gasteiger partial charge in [0.15, 0.2) is 0 Å². The maximum Gasteiger partial charge on any atom is 0.420 e. The van der Waals surface area contributed by atoms with Crippen molar-refractivity contribution in [3.8, 4) is 17.1 Å². The van der Waals surface area contributed by atoms with E-state index in [9.17, 15) is 18.3 Å². The zero-order chi connectivity index (χ0) is 14.2.